The van der Waals surface area contributed by atoms with Crippen LogP contribution in [0.4, 0.5) is 11.4 Å². The summed E-state index contributed by atoms with van der Waals surface area (Å²) in [5, 5.41) is 6.43. The molecule has 0 radical (unpaired) electrons. The first kappa shape index (κ1) is 20.4. The first-order valence-corrected chi connectivity index (χ1v) is 10.3. The van der Waals surface area contributed by atoms with Crippen molar-refractivity contribution in [2.24, 2.45) is 0 Å². The van der Waals surface area contributed by atoms with Gasteiger partial charge < -0.3 is 15.1 Å². The average molecular weight is 412 g/mol. The average Bonchev–Trinajstić information content (AvgIpc) is 3.12. The Bertz CT molecular complexity index is 1250. The van der Waals surface area contributed by atoms with Gasteiger partial charge >= 0.3 is 0 Å². The minimum Gasteiger partial charge on any atom is -0.449 e. The number of amides is 2. The van der Waals surface area contributed by atoms with E-state index in [1.807, 2.05) is 74.5 Å². The molecule has 0 aliphatic heterocycles. The molecule has 0 atom stereocenters. The molecule has 0 fully saturated rings. The van der Waals surface area contributed by atoms with E-state index in [0.717, 1.165) is 17.5 Å². The Morgan fingerprint density at radius 3 is 2.19 bits per heavy atom. The molecule has 0 aliphatic rings. The van der Waals surface area contributed by atoms with Crippen LogP contribution < -0.4 is 10.6 Å². The summed E-state index contributed by atoms with van der Waals surface area (Å²) >= 11 is 0. The molecule has 5 heteroatoms. The Hall–Kier alpha value is -3.86. The Kier molecular flexibility index (Phi) is 5.58. The topological polar surface area (TPSA) is 71.3 Å². The van der Waals surface area contributed by atoms with E-state index in [1.165, 1.54) is 5.56 Å². The van der Waals surface area contributed by atoms with Crippen molar-refractivity contribution >= 4 is 34.2 Å². The summed E-state index contributed by atoms with van der Waals surface area (Å²) in [6.07, 6.45) is 0.923. The summed E-state index contributed by atoms with van der Waals surface area (Å²) in [6, 6.07) is 20.6. The summed E-state index contributed by atoms with van der Waals surface area (Å²) < 4.78 is 5.84. The lowest BCUT2D eigenvalue weighted by Crippen LogP contribution is -2.17. The van der Waals surface area contributed by atoms with E-state index in [2.05, 4.69) is 17.6 Å². The van der Waals surface area contributed by atoms with Crippen LogP contribution in [0.3, 0.4) is 0 Å². The zero-order valence-corrected chi connectivity index (χ0v) is 17.8. The molecule has 1 heterocycles. The number of nitrogens with one attached hydrogen (secondary N) is 2. The minimum absolute atomic E-state index is 0.0680. The highest BCUT2D eigenvalue weighted by Crippen LogP contribution is 2.32. The van der Waals surface area contributed by atoms with Crippen molar-refractivity contribution < 1.29 is 14.0 Å². The maximum absolute atomic E-state index is 13.0. The normalized spacial score (nSPS) is 10.8. The molecule has 1 aromatic heterocycles. The lowest BCUT2D eigenvalue weighted by Gasteiger charge is -2.09. The summed E-state index contributed by atoms with van der Waals surface area (Å²) in [7, 11) is 0. The molecule has 0 aliphatic carbocycles. The van der Waals surface area contributed by atoms with Crippen LogP contribution in [-0.4, -0.2) is 11.8 Å². The fourth-order valence-electron chi connectivity index (χ4n) is 3.63. The Balaban J connectivity index is 1.68. The molecule has 2 amide bonds. The van der Waals surface area contributed by atoms with E-state index >= 15 is 0 Å². The van der Waals surface area contributed by atoms with Gasteiger partial charge in [0.05, 0.1) is 0 Å². The van der Waals surface area contributed by atoms with Crippen LogP contribution in [0.2, 0.25) is 0 Å². The van der Waals surface area contributed by atoms with Crippen molar-refractivity contribution in [1.82, 2.24) is 0 Å². The van der Waals surface area contributed by atoms with Crippen molar-refractivity contribution in [1.29, 1.82) is 0 Å². The lowest BCUT2D eigenvalue weighted by atomic mass is 10.1. The Morgan fingerprint density at radius 2 is 1.52 bits per heavy atom. The summed E-state index contributed by atoms with van der Waals surface area (Å²) in [5.74, 6) is -0.644. The third kappa shape index (κ3) is 4.36. The number of furan rings is 1. The molecule has 3 aromatic carbocycles. The number of rotatable bonds is 5. The number of aryl methyl sites for hydroxylation is 3. The van der Waals surface area contributed by atoms with E-state index in [-0.39, 0.29) is 11.7 Å². The third-order valence-electron chi connectivity index (χ3n) is 5.14. The van der Waals surface area contributed by atoms with Gasteiger partial charge in [0.1, 0.15) is 11.3 Å². The predicted molar refractivity (Wildman–Crippen MR) is 124 cm³/mol. The van der Waals surface area contributed by atoms with Crippen LogP contribution in [-0.2, 0) is 6.42 Å². The molecule has 0 spiro atoms. The molecular formula is C26H24N2O3. The molecule has 0 saturated heterocycles. The highest BCUT2D eigenvalue weighted by Gasteiger charge is 2.23. The van der Waals surface area contributed by atoms with Crippen molar-refractivity contribution in [3.63, 3.8) is 0 Å². The van der Waals surface area contributed by atoms with Gasteiger partial charge in [0.25, 0.3) is 11.8 Å². The van der Waals surface area contributed by atoms with Gasteiger partial charge in [-0.15, -0.1) is 0 Å². The van der Waals surface area contributed by atoms with Gasteiger partial charge in [0.2, 0.25) is 5.76 Å². The van der Waals surface area contributed by atoms with Crippen molar-refractivity contribution in [2.45, 2.75) is 27.2 Å². The fraction of sp³-hybridized carbons (Fsp3) is 0.154. The quantitative estimate of drug-likeness (QED) is 0.415. The number of hydrogen-bond acceptors (Lipinski definition) is 3. The molecule has 0 unspecified atom stereocenters. The maximum atomic E-state index is 13.0. The van der Waals surface area contributed by atoms with E-state index in [0.29, 0.717) is 27.9 Å². The second-order valence-electron chi connectivity index (χ2n) is 7.64. The molecule has 2 N–H and O–H groups in total. The lowest BCUT2D eigenvalue weighted by molar-refractivity contribution is 0.0999. The van der Waals surface area contributed by atoms with Crippen LogP contribution >= 0.6 is 0 Å². The molecule has 31 heavy (non-hydrogen) atoms. The number of benzene rings is 3. The summed E-state index contributed by atoms with van der Waals surface area (Å²) in [5.41, 5.74) is 5.26. The van der Waals surface area contributed by atoms with Gasteiger partial charge in [0.15, 0.2) is 0 Å². The number of para-hydroxylation sites is 1. The molecule has 156 valence electrons. The SMILES string of the molecule is CCc1ccc(NC(=O)c2oc3ccccc3c2NC(=O)c2cc(C)cc(C)c2)cc1. The van der Waals surface area contributed by atoms with Gasteiger partial charge in [-0.2, -0.15) is 0 Å². The van der Waals surface area contributed by atoms with Crippen LogP contribution in [0.25, 0.3) is 11.0 Å². The molecule has 4 aromatic rings. The highest BCUT2D eigenvalue weighted by molar-refractivity contribution is 6.16. The van der Waals surface area contributed by atoms with Crippen molar-refractivity contribution in [3.8, 4) is 0 Å². The van der Waals surface area contributed by atoms with Crippen molar-refractivity contribution in [3.05, 3.63) is 94.7 Å². The minimum atomic E-state index is -0.420. The number of carbonyl (C=O) groups is 2. The van der Waals surface area contributed by atoms with Gasteiger partial charge in [0, 0.05) is 16.6 Å². The van der Waals surface area contributed by atoms with E-state index in [4.69, 9.17) is 4.42 Å². The largest absolute Gasteiger partial charge is 0.449 e. The standard InChI is InChI=1S/C26H24N2O3/c1-4-18-9-11-20(12-10-18)27-26(30)24-23(21-7-5-6-8-22(21)31-24)28-25(29)19-14-16(2)13-17(3)15-19/h5-15H,4H2,1-3H3,(H,27,30)(H,28,29). The smallest absolute Gasteiger partial charge is 0.293 e. The highest BCUT2D eigenvalue weighted by atomic mass is 16.3. The van der Waals surface area contributed by atoms with Crippen LogP contribution in [0.15, 0.2) is 71.1 Å². The van der Waals surface area contributed by atoms with Crippen LogP contribution in [0.5, 0.6) is 0 Å². The van der Waals surface area contributed by atoms with Gasteiger partial charge in [-0.05, 0) is 62.2 Å². The van der Waals surface area contributed by atoms with Gasteiger partial charge in [-0.25, -0.2) is 0 Å². The number of carbonyl (C=O) groups excluding carboxylic acids is 2. The molecule has 4 rings (SSSR count). The van der Waals surface area contributed by atoms with E-state index < -0.39 is 5.91 Å². The van der Waals surface area contributed by atoms with Crippen LogP contribution in [0.1, 0.15) is 44.5 Å². The van der Waals surface area contributed by atoms with Gasteiger partial charge in [-0.1, -0.05) is 48.4 Å². The first-order valence-electron chi connectivity index (χ1n) is 10.3. The van der Waals surface area contributed by atoms with E-state index in [1.54, 1.807) is 6.07 Å². The summed E-state index contributed by atoms with van der Waals surface area (Å²) in [4.78, 5) is 26.0. The summed E-state index contributed by atoms with van der Waals surface area (Å²) in [6.45, 7) is 5.96. The zero-order valence-electron chi connectivity index (χ0n) is 17.8. The number of fused-ring (bicyclic) bond motifs is 1. The van der Waals surface area contributed by atoms with E-state index in [9.17, 15) is 9.59 Å². The van der Waals surface area contributed by atoms with Crippen molar-refractivity contribution in [2.75, 3.05) is 10.6 Å². The number of hydrogen-bond donors (Lipinski definition) is 2. The Morgan fingerprint density at radius 1 is 0.839 bits per heavy atom. The Labute approximate surface area is 181 Å². The molecule has 0 bridgehead atoms. The second kappa shape index (κ2) is 8.48. The third-order valence-corrected chi connectivity index (χ3v) is 5.14. The second-order valence-corrected chi connectivity index (χ2v) is 7.64. The first-order chi connectivity index (χ1) is 14.9. The monoisotopic (exact) mass is 412 g/mol. The predicted octanol–water partition coefficient (Wildman–Crippen LogP) is 6.12. The molecule has 0 saturated carbocycles. The maximum Gasteiger partial charge on any atom is 0.293 e. The molecule has 5 nitrogen and oxygen atoms in total. The van der Waals surface area contributed by atoms with Crippen LogP contribution in [0, 0.1) is 13.8 Å². The molecular weight excluding hydrogens is 388 g/mol. The fourth-order valence-corrected chi connectivity index (χ4v) is 3.63. The number of anilines is 2. The van der Waals surface area contributed by atoms with Gasteiger partial charge in [-0.3, -0.25) is 9.59 Å². The zero-order chi connectivity index (χ0) is 22.0.